The summed E-state index contributed by atoms with van der Waals surface area (Å²) in [5.41, 5.74) is 2.11. The molecule has 0 spiro atoms. The average molecular weight is 254 g/mol. The van der Waals surface area contributed by atoms with Gasteiger partial charge < -0.3 is 4.90 Å². The largest absolute Gasteiger partial charge is 0.356 e. The molecule has 2 aromatic heterocycles. The van der Waals surface area contributed by atoms with Crippen LogP contribution in [0.2, 0.25) is 0 Å². The zero-order valence-electron chi connectivity index (χ0n) is 11.4. The van der Waals surface area contributed by atoms with Crippen molar-refractivity contribution in [1.82, 2.24) is 15.0 Å². The molecule has 1 unspecified atom stereocenters. The molecule has 0 saturated carbocycles. The van der Waals surface area contributed by atoms with Crippen LogP contribution in [0.1, 0.15) is 29.6 Å². The molecule has 0 aromatic carbocycles. The van der Waals surface area contributed by atoms with Gasteiger partial charge in [-0.05, 0) is 38.5 Å². The van der Waals surface area contributed by atoms with Gasteiger partial charge in [0.2, 0.25) is 0 Å². The molecule has 0 amide bonds. The Labute approximate surface area is 113 Å². The van der Waals surface area contributed by atoms with Gasteiger partial charge in [0.1, 0.15) is 11.6 Å². The first-order valence-electron chi connectivity index (χ1n) is 6.70. The third kappa shape index (κ3) is 2.57. The molecule has 3 heterocycles. The van der Waals surface area contributed by atoms with Crippen LogP contribution in [-0.2, 0) is 0 Å². The van der Waals surface area contributed by atoms with Gasteiger partial charge in [0.25, 0.3) is 0 Å². The molecule has 1 aliphatic heterocycles. The molecule has 1 saturated heterocycles. The van der Waals surface area contributed by atoms with Crippen LogP contribution in [0.15, 0.2) is 30.5 Å². The van der Waals surface area contributed by atoms with Crippen LogP contribution in [0.25, 0.3) is 0 Å². The number of hydrogen-bond donors (Lipinski definition) is 0. The van der Waals surface area contributed by atoms with Gasteiger partial charge in [0.05, 0.1) is 0 Å². The van der Waals surface area contributed by atoms with Crippen molar-refractivity contribution in [2.24, 2.45) is 0 Å². The highest BCUT2D eigenvalue weighted by molar-refractivity contribution is 5.40. The van der Waals surface area contributed by atoms with Gasteiger partial charge in [-0.1, -0.05) is 6.07 Å². The van der Waals surface area contributed by atoms with Crippen molar-refractivity contribution < 1.29 is 0 Å². The molecule has 0 N–H and O–H groups in total. The minimum absolute atomic E-state index is 0.417. The van der Waals surface area contributed by atoms with E-state index in [0.717, 1.165) is 42.5 Å². The lowest BCUT2D eigenvalue weighted by Gasteiger charge is -2.17. The number of pyridine rings is 1. The summed E-state index contributed by atoms with van der Waals surface area (Å²) in [6.07, 6.45) is 2.94. The summed E-state index contributed by atoms with van der Waals surface area (Å²) in [5.74, 6) is 2.45. The number of aromatic nitrogens is 3. The molecular formula is C15H18N4. The van der Waals surface area contributed by atoms with E-state index in [4.69, 9.17) is 0 Å². The van der Waals surface area contributed by atoms with Crippen LogP contribution >= 0.6 is 0 Å². The highest BCUT2D eigenvalue weighted by atomic mass is 15.2. The second-order valence-corrected chi connectivity index (χ2v) is 5.13. The van der Waals surface area contributed by atoms with Crippen LogP contribution in [0.4, 0.5) is 5.82 Å². The Kier molecular flexibility index (Phi) is 3.15. The van der Waals surface area contributed by atoms with Crippen molar-refractivity contribution >= 4 is 5.82 Å². The Hall–Kier alpha value is -1.97. The molecule has 1 fully saturated rings. The first-order valence-corrected chi connectivity index (χ1v) is 6.70. The Morgan fingerprint density at radius 2 is 1.95 bits per heavy atom. The number of rotatable bonds is 2. The van der Waals surface area contributed by atoms with Gasteiger partial charge >= 0.3 is 0 Å². The van der Waals surface area contributed by atoms with Crippen LogP contribution in [0.3, 0.4) is 0 Å². The van der Waals surface area contributed by atoms with Crippen LogP contribution in [-0.4, -0.2) is 28.0 Å². The van der Waals surface area contributed by atoms with E-state index in [0.29, 0.717) is 5.92 Å². The van der Waals surface area contributed by atoms with E-state index in [9.17, 15) is 0 Å². The lowest BCUT2D eigenvalue weighted by molar-refractivity contribution is 0.699. The van der Waals surface area contributed by atoms with Crippen molar-refractivity contribution in [3.63, 3.8) is 0 Å². The third-order valence-electron chi connectivity index (χ3n) is 3.53. The fourth-order valence-corrected chi connectivity index (χ4v) is 2.66. The monoisotopic (exact) mass is 254 g/mol. The van der Waals surface area contributed by atoms with Crippen molar-refractivity contribution in [2.75, 3.05) is 18.0 Å². The fraction of sp³-hybridized carbons (Fsp3) is 0.400. The Morgan fingerprint density at radius 1 is 1.16 bits per heavy atom. The standard InChI is InChI=1S/C15H18N4/c1-11-9-12(2)18-15(17-11)13-6-8-19(10-13)14-5-3-4-7-16-14/h3-5,7,9,13H,6,8,10H2,1-2H3. The molecule has 1 atom stereocenters. The first kappa shape index (κ1) is 12.1. The van der Waals surface area contributed by atoms with Gasteiger partial charge in [0, 0.05) is 36.6 Å². The second kappa shape index (κ2) is 4.96. The molecule has 98 valence electrons. The third-order valence-corrected chi connectivity index (χ3v) is 3.53. The zero-order chi connectivity index (χ0) is 13.2. The van der Waals surface area contributed by atoms with Crippen LogP contribution in [0, 0.1) is 13.8 Å². The summed E-state index contributed by atoms with van der Waals surface area (Å²) in [6, 6.07) is 8.06. The maximum Gasteiger partial charge on any atom is 0.133 e. The smallest absolute Gasteiger partial charge is 0.133 e. The summed E-state index contributed by atoms with van der Waals surface area (Å²) in [7, 11) is 0. The molecular weight excluding hydrogens is 236 g/mol. The highest BCUT2D eigenvalue weighted by Crippen LogP contribution is 2.27. The van der Waals surface area contributed by atoms with Gasteiger partial charge in [-0.2, -0.15) is 0 Å². The summed E-state index contributed by atoms with van der Waals surface area (Å²) < 4.78 is 0. The molecule has 19 heavy (non-hydrogen) atoms. The summed E-state index contributed by atoms with van der Waals surface area (Å²) >= 11 is 0. The quantitative estimate of drug-likeness (QED) is 0.825. The van der Waals surface area contributed by atoms with E-state index in [2.05, 4.69) is 25.9 Å². The molecule has 2 aromatic rings. The van der Waals surface area contributed by atoms with E-state index in [1.807, 2.05) is 38.2 Å². The summed E-state index contributed by atoms with van der Waals surface area (Å²) in [6.45, 7) is 6.05. The van der Waals surface area contributed by atoms with E-state index in [-0.39, 0.29) is 0 Å². The van der Waals surface area contributed by atoms with Crippen LogP contribution in [0.5, 0.6) is 0 Å². The Morgan fingerprint density at radius 3 is 2.63 bits per heavy atom. The Bertz CT molecular complexity index is 547. The fourth-order valence-electron chi connectivity index (χ4n) is 2.66. The molecule has 3 rings (SSSR count). The average Bonchev–Trinajstić information content (AvgIpc) is 2.88. The molecule has 4 heteroatoms. The van der Waals surface area contributed by atoms with E-state index in [1.165, 1.54) is 0 Å². The lowest BCUT2D eigenvalue weighted by Crippen LogP contribution is -2.20. The maximum absolute atomic E-state index is 4.59. The van der Waals surface area contributed by atoms with E-state index >= 15 is 0 Å². The summed E-state index contributed by atoms with van der Waals surface area (Å²) in [4.78, 5) is 15.9. The molecule has 4 nitrogen and oxygen atoms in total. The van der Waals surface area contributed by atoms with Crippen molar-refractivity contribution in [3.05, 3.63) is 47.7 Å². The second-order valence-electron chi connectivity index (χ2n) is 5.13. The number of anilines is 1. The summed E-state index contributed by atoms with van der Waals surface area (Å²) in [5, 5.41) is 0. The topological polar surface area (TPSA) is 41.9 Å². The van der Waals surface area contributed by atoms with Gasteiger partial charge in [0.15, 0.2) is 0 Å². The number of aryl methyl sites for hydroxylation is 2. The molecule has 0 bridgehead atoms. The van der Waals surface area contributed by atoms with Gasteiger partial charge in [-0.25, -0.2) is 15.0 Å². The lowest BCUT2D eigenvalue weighted by atomic mass is 10.1. The van der Waals surface area contributed by atoms with Gasteiger partial charge in [-0.3, -0.25) is 0 Å². The Balaban J connectivity index is 1.79. The van der Waals surface area contributed by atoms with E-state index in [1.54, 1.807) is 0 Å². The molecule has 0 radical (unpaired) electrons. The minimum atomic E-state index is 0.417. The predicted octanol–water partition coefficient (Wildman–Crippen LogP) is 2.48. The van der Waals surface area contributed by atoms with Crippen LogP contribution < -0.4 is 4.90 Å². The normalized spacial score (nSPS) is 18.8. The first-order chi connectivity index (χ1) is 9.22. The highest BCUT2D eigenvalue weighted by Gasteiger charge is 2.26. The zero-order valence-corrected chi connectivity index (χ0v) is 11.4. The predicted molar refractivity (Wildman–Crippen MR) is 75.3 cm³/mol. The number of hydrogen-bond acceptors (Lipinski definition) is 4. The molecule has 1 aliphatic rings. The molecule has 0 aliphatic carbocycles. The van der Waals surface area contributed by atoms with Crippen molar-refractivity contribution in [1.29, 1.82) is 0 Å². The maximum atomic E-state index is 4.59. The number of nitrogens with zero attached hydrogens (tertiary/aromatic N) is 4. The van der Waals surface area contributed by atoms with Crippen molar-refractivity contribution in [2.45, 2.75) is 26.2 Å². The minimum Gasteiger partial charge on any atom is -0.356 e. The van der Waals surface area contributed by atoms with E-state index < -0.39 is 0 Å². The SMILES string of the molecule is Cc1cc(C)nc(C2CCN(c3ccccn3)C2)n1. The van der Waals surface area contributed by atoms with Crippen molar-refractivity contribution in [3.8, 4) is 0 Å². The van der Waals surface area contributed by atoms with Gasteiger partial charge in [-0.15, -0.1) is 0 Å².